The molecule has 0 aliphatic carbocycles. The molecule has 2 aliphatic heterocycles. The summed E-state index contributed by atoms with van der Waals surface area (Å²) in [5, 5.41) is 24.9. The fourth-order valence-electron chi connectivity index (χ4n) is 3.90. The lowest BCUT2D eigenvalue weighted by Gasteiger charge is -2.41. The third-order valence-corrected chi connectivity index (χ3v) is 5.08. The van der Waals surface area contributed by atoms with Gasteiger partial charge in [0.05, 0.1) is 17.6 Å². The van der Waals surface area contributed by atoms with E-state index in [2.05, 4.69) is 14.9 Å². The Kier molecular flexibility index (Phi) is 5.80. The molecule has 0 amide bonds. The van der Waals surface area contributed by atoms with E-state index in [1.165, 1.54) is 62.3 Å². The van der Waals surface area contributed by atoms with Crippen LogP contribution >= 0.6 is 0 Å². The van der Waals surface area contributed by atoms with Gasteiger partial charge in [0.15, 0.2) is 0 Å². The van der Waals surface area contributed by atoms with Crippen molar-refractivity contribution < 1.29 is 10.0 Å². The summed E-state index contributed by atoms with van der Waals surface area (Å²) in [5.74, 6) is 0. The number of aliphatic hydroxyl groups is 1. The molecule has 1 aromatic heterocycles. The molecule has 3 rings (SSSR count). The highest BCUT2D eigenvalue weighted by molar-refractivity contribution is 5.20. The summed E-state index contributed by atoms with van der Waals surface area (Å²) in [6.07, 6.45) is 8.40. The van der Waals surface area contributed by atoms with Gasteiger partial charge in [-0.15, -0.1) is 0 Å². The second kappa shape index (κ2) is 8.04. The zero-order valence-corrected chi connectivity index (χ0v) is 14.1. The van der Waals surface area contributed by atoms with Crippen LogP contribution in [0.2, 0.25) is 0 Å². The quantitative estimate of drug-likeness (QED) is 0.618. The maximum Gasteiger partial charge on any atom is 0.306 e. The molecule has 2 fully saturated rings. The standard InChI is InChI=1S/C16H27N5O3/c22-16(13-20-11-15(9-17-20)21(23)24)12-18-6-4-5-14(10-18)19-7-2-1-3-8-19/h9,11,14,16,22H,1-8,10,12-13H2/t14-,16+/m0/s1. The number of piperidine rings is 2. The van der Waals surface area contributed by atoms with Gasteiger partial charge in [-0.05, 0) is 45.3 Å². The highest BCUT2D eigenvalue weighted by Gasteiger charge is 2.27. The normalized spacial score (nSPS) is 24.8. The van der Waals surface area contributed by atoms with E-state index in [0.717, 1.165) is 13.1 Å². The first kappa shape index (κ1) is 17.3. The molecule has 3 heterocycles. The monoisotopic (exact) mass is 337 g/mol. The Balaban J connectivity index is 1.48. The number of likely N-dealkylation sites (tertiary alicyclic amines) is 2. The van der Waals surface area contributed by atoms with Gasteiger partial charge in [0.25, 0.3) is 0 Å². The van der Waals surface area contributed by atoms with Crippen LogP contribution in [0.25, 0.3) is 0 Å². The minimum absolute atomic E-state index is 0.0367. The Hall–Kier alpha value is -1.51. The lowest BCUT2D eigenvalue weighted by molar-refractivity contribution is -0.385. The summed E-state index contributed by atoms with van der Waals surface area (Å²) in [6, 6.07) is 0.608. The SMILES string of the molecule is O=[N+]([O-])c1cnn(C[C@H](O)CN2CCC[C@H](N3CCCCC3)C2)c1. The fourth-order valence-corrected chi connectivity index (χ4v) is 3.90. The van der Waals surface area contributed by atoms with Crippen LogP contribution in [0.15, 0.2) is 12.4 Å². The van der Waals surface area contributed by atoms with Crippen molar-refractivity contribution in [1.82, 2.24) is 19.6 Å². The number of nitrogens with zero attached hydrogens (tertiary/aromatic N) is 5. The Labute approximate surface area is 142 Å². The second-order valence-electron chi connectivity index (χ2n) is 6.98. The zero-order chi connectivity index (χ0) is 16.9. The third-order valence-electron chi connectivity index (χ3n) is 5.08. The summed E-state index contributed by atoms with van der Waals surface area (Å²) in [6.45, 7) is 5.32. The van der Waals surface area contributed by atoms with Crippen molar-refractivity contribution in [3.05, 3.63) is 22.5 Å². The molecular formula is C16H27N5O3. The van der Waals surface area contributed by atoms with Crippen molar-refractivity contribution in [2.75, 3.05) is 32.7 Å². The van der Waals surface area contributed by atoms with Crippen molar-refractivity contribution in [2.24, 2.45) is 0 Å². The van der Waals surface area contributed by atoms with Gasteiger partial charge in [0, 0.05) is 19.1 Å². The Morgan fingerprint density at radius 2 is 2.04 bits per heavy atom. The molecule has 134 valence electrons. The summed E-state index contributed by atoms with van der Waals surface area (Å²) in [7, 11) is 0. The molecule has 0 aromatic carbocycles. The van der Waals surface area contributed by atoms with E-state index in [1.54, 1.807) is 0 Å². The molecule has 8 heteroatoms. The van der Waals surface area contributed by atoms with Gasteiger partial charge in [-0.2, -0.15) is 5.10 Å². The maximum atomic E-state index is 10.7. The van der Waals surface area contributed by atoms with Crippen LogP contribution < -0.4 is 0 Å². The highest BCUT2D eigenvalue weighted by atomic mass is 16.6. The van der Waals surface area contributed by atoms with E-state index in [1.807, 2.05) is 0 Å². The van der Waals surface area contributed by atoms with Crippen molar-refractivity contribution >= 4 is 5.69 Å². The number of nitro groups is 1. The van der Waals surface area contributed by atoms with E-state index in [0.29, 0.717) is 19.1 Å². The van der Waals surface area contributed by atoms with Crippen LogP contribution in [-0.4, -0.2) is 74.5 Å². The van der Waals surface area contributed by atoms with Gasteiger partial charge in [-0.3, -0.25) is 24.6 Å². The average Bonchev–Trinajstić information content (AvgIpc) is 3.04. The van der Waals surface area contributed by atoms with E-state index in [-0.39, 0.29) is 5.69 Å². The van der Waals surface area contributed by atoms with Crippen LogP contribution in [0.3, 0.4) is 0 Å². The smallest absolute Gasteiger partial charge is 0.306 e. The number of hydrogen-bond acceptors (Lipinski definition) is 6. The van der Waals surface area contributed by atoms with Gasteiger partial charge in [0.2, 0.25) is 0 Å². The van der Waals surface area contributed by atoms with Crippen molar-refractivity contribution in [3.8, 4) is 0 Å². The highest BCUT2D eigenvalue weighted by Crippen LogP contribution is 2.20. The van der Waals surface area contributed by atoms with Gasteiger partial charge >= 0.3 is 5.69 Å². The molecule has 24 heavy (non-hydrogen) atoms. The minimum atomic E-state index is -0.565. The number of hydrogen-bond donors (Lipinski definition) is 1. The van der Waals surface area contributed by atoms with Crippen LogP contribution in [0.4, 0.5) is 5.69 Å². The topological polar surface area (TPSA) is 87.7 Å². The first-order valence-corrected chi connectivity index (χ1v) is 8.93. The summed E-state index contributed by atoms with van der Waals surface area (Å²) >= 11 is 0. The number of aromatic nitrogens is 2. The molecule has 0 radical (unpaired) electrons. The molecule has 0 bridgehead atoms. The lowest BCUT2D eigenvalue weighted by Crippen LogP contribution is -2.51. The third kappa shape index (κ3) is 4.52. The Bertz CT molecular complexity index is 544. The van der Waals surface area contributed by atoms with Gasteiger partial charge < -0.3 is 5.11 Å². The van der Waals surface area contributed by atoms with E-state index < -0.39 is 11.0 Å². The van der Waals surface area contributed by atoms with Gasteiger partial charge in [0.1, 0.15) is 12.4 Å². The second-order valence-corrected chi connectivity index (χ2v) is 6.98. The summed E-state index contributed by atoms with van der Waals surface area (Å²) < 4.78 is 1.45. The minimum Gasteiger partial charge on any atom is -0.390 e. The average molecular weight is 337 g/mol. The molecule has 1 N–H and O–H groups in total. The summed E-state index contributed by atoms with van der Waals surface area (Å²) in [5.41, 5.74) is -0.0367. The first-order chi connectivity index (χ1) is 11.6. The molecule has 8 nitrogen and oxygen atoms in total. The first-order valence-electron chi connectivity index (χ1n) is 8.93. The van der Waals surface area contributed by atoms with Gasteiger partial charge in [-0.25, -0.2) is 0 Å². The fraction of sp³-hybridized carbons (Fsp3) is 0.812. The van der Waals surface area contributed by atoms with Crippen LogP contribution in [0, 0.1) is 10.1 Å². The van der Waals surface area contributed by atoms with Crippen molar-refractivity contribution in [2.45, 2.75) is 50.8 Å². The van der Waals surface area contributed by atoms with E-state index in [9.17, 15) is 15.2 Å². The molecule has 2 saturated heterocycles. The molecule has 0 spiro atoms. The van der Waals surface area contributed by atoms with Crippen molar-refractivity contribution in [3.63, 3.8) is 0 Å². The number of rotatable bonds is 6. The van der Waals surface area contributed by atoms with Crippen LogP contribution in [-0.2, 0) is 6.54 Å². The van der Waals surface area contributed by atoms with E-state index >= 15 is 0 Å². The van der Waals surface area contributed by atoms with Crippen LogP contribution in [0.5, 0.6) is 0 Å². The molecule has 0 unspecified atom stereocenters. The van der Waals surface area contributed by atoms with Gasteiger partial charge in [-0.1, -0.05) is 6.42 Å². The number of β-amino-alcohol motifs (C(OH)–C–C–N with tert-alkyl or cyclic N) is 1. The Morgan fingerprint density at radius 1 is 1.25 bits per heavy atom. The lowest BCUT2D eigenvalue weighted by atomic mass is 10.0. The molecular weight excluding hydrogens is 310 g/mol. The van der Waals surface area contributed by atoms with Crippen molar-refractivity contribution in [1.29, 1.82) is 0 Å². The Morgan fingerprint density at radius 3 is 2.75 bits per heavy atom. The molecule has 1 aromatic rings. The predicted octanol–water partition coefficient (Wildman–Crippen LogP) is 1.10. The predicted molar refractivity (Wildman–Crippen MR) is 89.8 cm³/mol. The maximum absolute atomic E-state index is 10.7. The molecule has 2 aliphatic rings. The summed E-state index contributed by atoms with van der Waals surface area (Å²) in [4.78, 5) is 15.1. The molecule has 2 atom stereocenters. The van der Waals surface area contributed by atoms with E-state index in [4.69, 9.17) is 0 Å². The van der Waals surface area contributed by atoms with Crippen LogP contribution in [0.1, 0.15) is 32.1 Å². The zero-order valence-electron chi connectivity index (χ0n) is 14.1. The molecule has 0 saturated carbocycles. The number of aliphatic hydroxyl groups excluding tert-OH is 1. The largest absolute Gasteiger partial charge is 0.390 e.